The van der Waals surface area contributed by atoms with Gasteiger partial charge in [-0.15, -0.1) is 0 Å². The lowest BCUT2D eigenvalue weighted by molar-refractivity contribution is -0.142. The van der Waals surface area contributed by atoms with Crippen LogP contribution in [0.2, 0.25) is 0 Å². The summed E-state index contributed by atoms with van der Waals surface area (Å²) in [5, 5.41) is 14.7. The maximum Gasteiger partial charge on any atom is 0.407 e. The molecule has 2 aliphatic carbocycles. The minimum absolute atomic E-state index is 0.0910. The summed E-state index contributed by atoms with van der Waals surface area (Å²) < 4.78 is 16.3. The van der Waals surface area contributed by atoms with Gasteiger partial charge in [0.05, 0.1) is 12.7 Å². The number of benzene rings is 2. The highest BCUT2D eigenvalue weighted by Gasteiger charge is 2.34. The topological polar surface area (TPSA) is 123 Å². The van der Waals surface area contributed by atoms with E-state index in [1.807, 2.05) is 48.5 Å². The van der Waals surface area contributed by atoms with Crippen LogP contribution >= 0.6 is 0 Å². The molecule has 0 radical (unpaired) electrons. The highest BCUT2D eigenvalue weighted by atomic mass is 16.6. The Labute approximate surface area is 210 Å². The van der Waals surface area contributed by atoms with Crippen molar-refractivity contribution in [3.05, 3.63) is 59.7 Å². The second-order valence-electron chi connectivity index (χ2n) is 10.1. The maximum atomic E-state index is 12.4. The van der Waals surface area contributed by atoms with Crippen LogP contribution in [0.3, 0.4) is 0 Å². The largest absolute Gasteiger partial charge is 0.480 e. The van der Waals surface area contributed by atoms with E-state index in [0.717, 1.165) is 22.3 Å². The summed E-state index contributed by atoms with van der Waals surface area (Å²) >= 11 is 0. The Morgan fingerprint density at radius 2 is 1.56 bits per heavy atom. The second-order valence-corrected chi connectivity index (χ2v) is 10.1. The number of hydrogen-bond donors (Lipinski definition) is 3. The van der Waals surface area contributed by atoms with Crippen molar-refractivity contribution in [2.45, 2.75) is 63.3 Å². The minimum atomic E-state index is -1.25. The summed E-state index contributed by atoms with van der Waals surface area (Å²) in [4.78, 5) is 35.9. The van der Waals surface area contributed by atoms with Crippen molar-refractivity contribution < 1.29 is 33.7 Å². The number of alkyl carbamates (subject to hydrolysis) is 2. The van der Waals surface area contributed by atoms with Gasteiger partial charge in [0.25, 0.3) is 0 Å². The quantitative estimate of drug-likeness (QED) is 0.504. The van der Waals surface area contributed by atoms with Gasteiger partial charge in [-0.25, -0.2) is 14.4 Å². The van der Waals surface area contributed by atoms with Crippen molar-refractivity contribution >= 4 is 18.2 Å². The van der Waals surface area contributed by atoms with Crippen molar-refractivity contribution in [3.63, 3.8) is 0 Å². The molecule has 2 aromatic carbocycles. The Kier molecular flexibility index (Phi) is 7.49. The molecule has 0 aliphatic heterocycles. The van der Waals surface area contributed by atoms with Crippen molar-refractivity contribution in [3.8, 4) is 11.1 Å². The molecular formula is C27H32N2O7. The van der Waals surface area contributed by atoms with E-state index in [1.165, 1.54) is 0 Å². The van der Waals surface area contributed by atoms with Crippen LogP contribution < -0.4 is 10.6 Å². The molecule has 0 unspecified atom stereocenters. The Morgan fingerprint density at radius 3 is 2.11 bits per heavy atom. The van der Waals surface area contributed by atoms with E-state index in [9.17, 15) is 19.5 Å². The van der Waals surface area contributed by atoms with E-state index >= 15 is 0 Å². The summed E-state index contributed by atoms with van der Waals surface area (Å²) in [5.74, 6) is -1.33. The van der Waals surface area contributed by atoms with Crippen molar-refractivity contribution in [1.82, 2.24) is 10.6 Å². The van der Waals surface area contributed by atoms with Crippen LogP contribution in [0.1, 0.15) is 50.7 Å². The van der Waals surface area contributed by atoms with E-state index in [0.29, 0.717) is 12.8 Å². The van der Waals surface area contributed by atoms with Gasteiger partial charge < -0.3 is 30.0 Å². The Balaban J connectivity index is 1.23. The molecule has 1 fully saturated rings. The van der Waals surface area contributed by atoms with Crippen LogP contribution in [0.25, 0.3) is 11.1 Å². The lowest BCUT2D eigenvalue weighted by Gasteiger charge is -2.36. The number of nitrogens with one attached hydrogen (secondary N) is 2. The highest BCUT2D eigenvalue weighted by molar-refractivity contribution is 5.81. The SMILES string of the molecule is CC(C)(C)OC(=O)N[C@H]1C[C@H](OC[C@H](NC(=O)OCC2c3ccccc3-c3ccccc32)C(=O)O)C1. The van der Waals surface area contributed by atoms with Crippen LogP contribution in [-0.2, 0) is 19.0 Å². The first kappa shape index (κ1) is 25.5. The van der Waals surface area contributed by atoms with Gasteiger partial charge in [0.2, 0.25) is 0 Å². The fraction of sp³-hybridized carbons (Fsp3) is 0.444. The van der Waals surface area contributed by atoms with Crippen LogP contribution in [0.15, 0.2) is 48.5 Å². The Morgan fingerprint density at radius 1 is 0.972 bits per heavy atom. The lowest BCUT2D eigenvalue weighted by Crippen LogP contribution is -2.51. The molecule has 36 heavy (non-hydrogen) atoms. The first-order valence-corrected chi connectivity index (χ1v) is 12.1. The van der Waals surface area contributed by atoms with Crippen molar-refractivity contribution in [2.75, 3.05) is 13.2 Å². The third-order valence-electron chi connectivity index (χ3n) is 6.25. The standard InChI is InChI=1S/C27H32N2O7/c1-27(2,3)36-26(33)28-16-12-17(13-16)34-15-23(24(30)31)29-25(32)35-14-22-20-10-6-4-8-18(20)19-9-5-7-11-21(19)22/h4-11,16-17,22-23H,12-15H2,1-3H3,(H,28,33)(H,29,32)(H,30,31)/t16-,17-,23-/m0/s1. The van der Waals surface area contributed by atoms with Gasteiger partial charge in [0.1, 0.15) is 12.2 Å². The summed E-state index contributed by atoms with van der Waals surface area (Å²) in [6.07, 6.45) is -0.444. The molecule has 0 saturated heterocycles. The van der Waals surface area contributed by atoms with Crippen molar-refractivity contribution in [1.29, 1.82) is 0 Å². The molecule has 3 N–H and O–H groups in total. The van der Waals surface area contributed by atoms with E-state index in [-0.39, 0.29) is 31.3 Å². The molecule has 2 amide bonds. The van der Waals surface area contributed by atoms with Gasteiger partial charge in [0.15, 0.2) is 6.04 Å². The van der Waals surface area contributed by atoms with Gasteiger partial charge in [-0.1, -0.05) is 48.5 Å². The molecule has 0 heterocycles. The monoisotopic (exact) mass is 496 g/mol. The summed E-state index contributed by atoms with van der Waals surface area (Å²) in [6.45, 7) is 5.25. The maximum absolute atomic E-state index is 12.4. The van der Waals surface area contributed by atoms with E-state index in [1.54, 1.807) is 20.8 Å². The fourth-order valence-corrected chi connectivity index (χ4v) is 4.48. The molecule has 2 aromatic rings. The van der Waals surface area contributed by atoms with Gasteiger partial charge in [-0.05, 0) is 55.9 Å². The van der Waals surface area contributed by atoms with Gasteiger partial charge >= 0.3 is 18.2 Å². The zero-order valence-electron chi connectivity index (χ0n) is 20.7. The number of carbonyl (C=O) groups excluding carboxylic acids is 2. The zero-order valence-corrected chi connectivity index (χ0v) is 20.7. The van der Waals surface area contributed by atoms with Crippen LogP contribution in [0.5, 0.6) is 0 Å². The minimum Gasteiger partial charge on any atom is -0.480 e. The second kappa shape index (κ2) is 10.6. The zero-order chi connectivity index (χ0) is 25.9. The Bertz CT molecular complexity index is 1080. The number of carboxylic acids is 1. The predicted octanol–water partition coefficient (Wildman–Crippen LogP) is 4.05. The summed E-state index contributed by atoms with van der Waals surface area (Å²) in [6, 6.07) is 14.6. The molecule has 4 rings (SSSR count). The molecular weight excluding hydrogens is 464 g/mol. The molecule has 2 aliphatic rings. The molecule has 0 bridgehead atoms. The Hall–Kier alpha value is -3.59. The van der Waals surface area contributed by atoms with Gasteiger partial charge in [-0.2, -0.15) is 0 Å². The summed E-state index contributed by atoms with van der Waals surface area (Å²) in [7, 11) is 0. The van der Waals surface area contributed by atoms with Gasteiger partial charge in [0, 0.05) is 12.0 Å². The average molecular weight is 497 g/mol. The number of carboxylic acid groups (broad SMARTS) is 1. The molecule has 1 atom stereocenters. The number of aliphatic carboxylic acids is 1. The molecule has 1 saturated carbocycles. The van der Waals surface area contributed by atoms with Crippen LogP contribution in [-0.4, -0.2) is 60.3 Å². The number of fused-ring (bicyclic) bond motifs is 3. The normalized spacial score (nSPS) is 19.3. The number of rotatable bonds is 8. The number of carbonyl (C=O) groups is 3. The van der Waals surface area contributed by atoms with Gasteiger partial charge in [-0.3, -0.25) is 0 Å². The van der Waals surface area contributed by atoms with E-state index < -0.39 is 29.8 Å². The average Bonchev–Trinajstić information content (AvgIpc) is 3.10. The van der Waals surface area contributed by atoms with E-state index in [2.05, 4.69) is 10.6 Å². The fourth-order valence-electron chi connectivity index (χ4n) is 4.48. The van der Waals surface area contributed by atoms with E-state index in [4.69, 9.17) is 14.2 Å². The third-order valence-corrected chi connectivity index (χ3v) is 6.25. The predicted molar refractivity (Wildman–Crippen MR) is 132 cm³/mol. The third kappa shape index (κ3) is 6.15. The number of hydrogen-bond acceptors (Lipinski definition) is 6. The lowest BCUT2D eigenvalue weighted by atomic mass is 9.89. The molecule has 0 spiro atoms. The molecule has 9 nitrogen and oxygen atoms in total. The number of ether oxygens (including phenoxy) is 3. The molecule has 192 valence electrons. The summed E-state index contributed by atoms with van der Waals surface area (Å²) in [5.41, 5.74) is 3.79. The van der Waals surface area contributed by atoms with Crippen molar-refractivity contribution in [2.24, 2.45) is 0 Å². The first-order chi connectivity index (χ1) is 17.1. The van der Waals surface area contributed by atoms with Crippen LogP contribution in [0.4, 0.5) is 9.59 Å². The highest BCUT2D eigenvalue weighted by Crippen LogP contribution is 2.44. The molecule has 9 heteroatoms. The smallest absolute Gasteiger partial charge is 0.407 e. The number of amides is 2. The van der Waals surface area contributed by atoms with Crippen LogP contribution in [0, 0.1) is 0 Å². The molecule has 0 aromatic heterocycles. The first-order valence-electron chi connectivity index (χ1n) is 12.1.